The molecule has 0 amide bonds. The molecule has 0 unspecified atom stereocenters. The van der Waals surface area contributed by atoms with Gasteiger partial charge in [-0.15, -0.1) is 0 Å². The lowest BCUT2D eigenvalue weighted by molar-refractivity contribution is 0.935. The molecule has 0 fully saturated rings. The Morgan fingerprint density at radius 3 is 1.54 bits per heavy atom. The molecule has 1 nitrogen and oxygen atoms in total. The minimum atomic E-state index is 0.165. The summed E-state index contributed by atoms with van der Waals surface area (Å²) in [4.78, 5) is 2.41. The second-order valence-corrected chi connectivity index (χ2v) is 14.9. The number of rotatable bonds is 7. The molecule has 0 aliphatic carbocycles. The number of nitrogens with zero attached hydrogens (tertiary/aromatic N) is 1. The van der Waals surface area contributed by atoms with Crippen LogP contribution in [0.1, 0.15) is 29.5 Å². The van der Waals surface area contributed by atoms with E-state index in [2.05, 4.69) is 225 Å². The predicted molar refractivity (Wildman–Crippen MR) is 241 cm³/mol. The van der Waals surface area contributed by atoms with Crippen molar-refractivity contribution >= 4 is 60.2 Å². The summed E-state index contributed by atoms with van der Waals surface area (Å²) in [7, 11) is 0. The van der Waals surface area contributed by atoms with Gasteiger partial charge >= 0.3 is 0 Å². The van der Waals surface area contributed by atoms with E-state index in [1.807, 2.05) is 0 Å². The Balaban J connectivity index is 1.15. The molecule has 0 saturated carbocycles. The fourth-order valence-electron chi connectivity index (χ4n) is 8.88. The number of fused-ring (bicyclic) bond motifs is 7. The Bertz CT molecular complexity index is 3000. The van der Waals surface area contributed by atoms with E-state index in [-0.39, 0.29) is 5.92 Å². The van der Waals surface area contributed by atoms with E-state index in [0.29, 0.717) is 0 Å². The summed E-state index contributed by atoms with van der Waals surface area (Å²) >= 11 is 0. The number of hydrogen-bond donors (Lipinski definition) is 0. The predicted octanol–water partition coefficient (Wildman–Crippen LogP) is 15.6. The number of anilines is 3. The molecule has 0 heterocycles. The van der Waals surface area contributed by atoms with Crippen molar-refractivity contribution in [2.75, 3.05) is 4.90 Å². The van der Waals surface area contributed by atoms with Crippen LogP contribution in [0.5, 0.6) is 0 Å². The molecule has 10 aromatic carbocycles. The second kappa shape index (κ2) is 14.0. The Kier molecular flexibility index (Phi) is 8.42. The fourth-order valence-corrected chi connectivity index (χ4v) is 8.88. The van der Waals surface area contributed by atoms with Crippen molar-refractivity contribution in [3.8, 4) is 22.3 Å². The van der Waals surface area contributed by atoms with Gasteiger partial charge in [-0.3, -0.25) is 0 Å². The van der Waals surface area contributed by atoms with Gasteiger partial charge in [0.05, 0.1) is 0 Å². The van der Waals surface area contributed by atoms with Crippen LogP contribution in [-0.4, -0.2) is 0 Å². The van der Waals surface area contributed by atoms with Crippen LogP contribution in [-0.2, 0) is 0 Å². The van der Waals surface area contributed by atoms with Crippen molar-refractivity contribution in [3.05, 3.63) is 223 Å². The number of para-hydroxylation sites is 1. The number of hydrogen-bond acceptors (Lipinski definition) is 1. The maximum atomic E-state index is 2.41. The highest BCUT2D eigenvalue weighted by atomic mass is 15.1. The highest BCUT2D eigenvalue weighted by Crippen LogP contribution is 2.44. The third-order valence-corrected chi connectivity index (χ3v) is 11.7. The molecule has 0 N–H and O–H groups in total. The molecule has 0 spiro atoms. The molecule has 56 heavy (non-hydrogen) atoms. The van der Waals surface area contributed by atoms with E-state index in [4.69, 9.17) is 0 Å². The molecule has 10 rings (SSSR count). The highest BCUT2D eigenvalue weighted by Gasteiger charge is 2.21. The SMILES string of the molecule is Cc1ccccc1-c1ccc2cc(N(c3ccccc3)c3ccc4c5ccccc5c5ccccc5c4c3)ccc2c1[C@@H](C)c1ccc(-c2ccccc2)cc1. The molecule has 0 aliphatic heterocycles. The van der Waals surface area contributed by atoms with E-state index >= 15 is 0 Å². The van der Waals surface area contributed by atoms with Crippen molar-refractivity contribution in [3.63, 3.8) is 0 Å². The second-order valence-electron chi connectivity index (χ2n) is 14.9. The lowest BCUT2D eigenvalue weighted by Gasteiger charge is -2.27. The Hall–Kier alpha value is -6.96. The lowest BCUT2D eigenvalue weighted by Crippen LogP contribution is -2.10. The molecule has 1 heteroatoms. The zero-order valence-electron chi connectivity index (χ0n) is 31.7. The van der Waals surface area contributed by atoms with Crippen molar-refractivity contribution in [1.29, 1.82) is 0 Å². The summed E-state index contributed by atoms with van der Waals surface area (Å²) in [6.07, 6.45) is 0. The Morgan fingerprint density at radius 2 is 0.875 bits per heavy atom. The largest absolute Gasteiger partial charge is 0.310 e. The molecular weight excluding hydrogens is 675 g/mol. The maximum absolute atomic E-state index is 2.41. The van der Waals surface area contributed by atoms with E-state index in [0.717, 1.165) is 17.1 Å². The molecule has 1 atom stereocenters. The molecule has 0 aliphatic rings. The first-order valence-corrected chi connectivity index (χ1v) is 19.6. The standard InChI is InChI=1S/C55H41N/c1-37-15-9-10-20-46(37)53-32-29-42-35-44(30-33-47(42)55(53)38(2)39-25-27-41(28-26-39)40-16-5-3-6-17-40)56(43-18-7-4-8-19-43)45-31-34-52-50-23-12-11-21-48(50)49-22-13-14-24-51(49)54(52)36-45/h3-36,38H,1-2H3/t38-/m0/s1. The Labute approximate surface area is 328 Å². The van der Waals surface area contributed by atoms with E-state index in [1.165, 1.54) is 82.0 Å². The van der Waals surface area contributed by atoms with E-state index < -0.39 is 0 Å². The molecular formula is C55H41N. The summed E-state index contributed by atoms with van der Waals surface area (Å²) < 4.78 is 0. The van der Waals surface area contributed by atoms with Gasteiger partial charge in [0, 0.05) is 23.0 Å². The van der Waals surface area contributed by atoms with Crippen molar-refractivity contribution in [2.45, 2.75) is 19.8 Å². The van der Waals surface area contributed by atoms with Crippen LogP contribution in [0, 0.1) is 6.92 Å². The normalized spacial score (nSPS) is 12.0. The first-order valence-electron chi connectivity index (χ1n) is 19.6. The summed E-state index contributed by atoms with van der Waals surface area (Å²) in [6, 6.07) is 75.7. The topological polar surface area (TPSA) is 3.24 Å². The number of benzene rings is 10. The van der Waals surface area contributed by atoms with Crippen molar-refractivity contribution in [1.82, 2.24) is 0 Å². The number of aryl methyl sites for hydroxylation is 1. The maximum Gasteiger partial charge on any atom is 0.0468 e. The van der Waals surface area contributed by atoms with Gasteiger partial charge < -0.3 is 4.90 Å². The van der Waals surface area contributed by atoms with Crippen LogP contribution in [0.25, 0.3) is 65.3 Å². The van der Waals surface area contributed by atoms with Gasteiger partial charge in [0.2, 0.25) is 0 Å². The summed E-state index contributed by atoms with van der Waals surface area (Å²) in [6.45, 7) is 4.58. The summed E-state index contributed by atoms with van der Waals surface area (Å²) in [5.41, 5.74) is 12.4. The third-order valence-electron chi connectivity index (χ3n) is 11.7. The lowest BCUT2D eigenvalue weighted by atomic mass is 9.82. The minimum Gasteiger partial charge on any atom is -0.310 e. The summed E-state index contributed by atoms with van der Waals surface area (Å²) in [5, 5.41) is 10.2. The van der Waals surface area contributed by atoms with Crippen LogP contribution in [0.4, 0.5) is 17.1 Å². The molecule has 10 aromatic rings. The molecule has 0 aromatic heterocycles. The van der Waals surface area contributed by atoms with Crippen LogP contribution in [0.15, 0.2) is 206 Å². The van der Waals surface area contributed by atoms with Crippen LogP contribution >= 0.6 is 0 Å². The van der Waals surface area contributed by atoms with Gasteiger partial charge in [-0.1, -0.05) is 177 Å². The van der Waals surface area contributed by atoms with Gasteiger partial charge in [0.1, 0.15) is 0 Å². The molecule has 0 saturated heterocycles. The molecule has 0 bridgehead atoms. The fraction of sp³-hybridized carbons (Fsp3) is 0.0545. The van der Waals surface area contributed by atoms with Crippen molar-refractivity contribution in [2.24, 2.45) is 0 Å². The summed E-state index contributed by atoms with van der Waals surface area (Å²) in [5.74, 6) is 0.165. The first kappa shape index (κ1) is 33.6. The molecule has 0 radical (unpaired) electrons. The van der Waals surface area contributed by atoms with Gasteiger partial charge in [-0.2, -0.15) is 0 Å². The quantitative estimate of drug-likeness (QED) is 0.149. The molecule has 266 valence electrons. The van der Waals surface area contributed by atoms with E-state index in [1.54, 1.807) is 0 Å². The van der Waals surface area contributed by atoms with Gasteiger partial charge in [0.15, 0.2) is 0 Å². The van der Waals surface area contributed by atoms with Gasteiger partial charge in [-0.05, 0) is 125 Å². The monoisotopic (exact) mass is 715 g/mol. The van der Waals surface area contributed by atoms with Crippen LogP contribution in [0.2, 0.25) is 0 Å². The Morgan fingerprint density at radius 1 is 0.357 bits per heavy atom. The van der Waals surface area contributed by atoms with Crippen LogP contribution < -0.4 is 4.90 Å². The van der Waals surface area contributed by atoms with Gasteiger partial charge in [-0.25, -0.2) is 0 Å². The van der Waals surface area contributed by atoms with Gasteiger partial charge in [0.25, 0.3) is 0 Å². The average Bonchev–Trinajstić information content (AvgIpc) is 3.27. The van der Waals surface area contributed by atoms with Crippen molar-refractivity contribution < 1.29 is 0 Å². The zero-order chi connectivity index (χ0) is 37.6. The van der Waals surface area contributed by atoms with Crippen LogP contribution in [0.3, 0.4) is 0 Å². The average molecular weight is 716 g/mol. The first-order chi connectivity index (χ1) is 27.6. The smallest absolute Gasteiger partial charge is 0.0468 e. The minimum absolute atomic E-state index is 0.165. The highest BCUT2D eigenvalue weighted by molar-refractivity contribution is 6.25. The zero-order valence-corrected chi connectivity index (χ0v) is 31.7. The third kappa shape index (κ3) is 5.81. The van der Waals surface area contributed by atoms with E-state index in [9.17, 15) is 0 Å².